The smallest absolute Gasteiger partial charge is 0.338 e. The molecule has 8 nitrogen and oxygen atoms in total. The Labute approximate surface area is 342 Å². The number of fused-ring (bicyclic) bond motifs is 8. The average molecular weight is 772 g/mol. The Morgan fingerprint density at radius 1 is 0.492 bits per heavy atom. The SMILES string of the molecule is CC(C)(C)NC(=O)COC(=O)c1ccc(-c2c3nc(c(-c4ccccc4)c4ccc([nH]4)c(-c4ccccc4)c4nc(c(-c5ccccc5)c5ccc2[nH]5)C=C4)C=C3)cc1. The van der Waals surface area contributed by atoms with Crippen molar-refractivity contribution in [3.63, 3.8) is 0 Å². The molecule has 0 spiro atoms. The number of amides is 1. The van der Waals surface area contributed by atoms with E-state index in [1.165, 1.54) is 0 Å². The fourth-order valence-corrected chi connectivity index (χ4v) is 7.68. The first kappa shape index (κ1) is 37.0. The van der Waals surface area contributed by atoms with Gasteiger partial charge >= 0.3 is 5.97 Å². The van der Waals surface area contributed by atoms with Crippen molar-refractivity contribution in [1.29, 1.82) is 0 Å². The van der Waals surface area contributed by atoms with Gasteiger partial charge in [-0.05, 0) is 104 Å². The molecule has 0 radical (unpaired) electrons. The molecule has 4 aromatic carbocycles. The van der Waals surface area contributed by atoms with E-state index in [0.29, 0.717) is 5.56 Å². The van der Waals surface area contributed by atoms with Gasteiger partial charge < -0.3 is 20.0 Å². The zero-order chi connectivity index (χ0) is 40.5. The highest BCUT2D eigenvalue weighted by Crippen LogP contribution is 2.38. The maximum atomic E-state index is 13.1. The maximum absolute atomic E-state index is 13.1. The van der Waals surface area contributed by atoms with Gasteiger partial charge in [0.15, 0.2) is 6.61 Å². The summed E-state index contributed by atoms with van der Waals surface area (Å²) in [7, 11) is 0. The van der Waals surface area contributed by atoms with Crippen molar-refractivity contribution in [2.75, 3.05) is 6.61 Å². The molecule has 0 unspecified atom stereocenters. The lowest BCUT2D eigenvalue weighted by Crippen LogP contribution is -2.42. The minimum atomic E-state index is -0.580. The van der Waals surface area contributed by atoms with Crippen LogP contribution < -0.4 is 5.32 Å². The molecule has 0 aliphatic carbocycles. The van der Waals surface area contributed by atoms with Gasteiger partial charge in [-0.3, -0.25) is 4.79 Å². The summed E-state index contributed by atoms with van der Waals surface area (Å²) in [6.07, 6.45) is 8.28. The van der Waals surface area contributed by atoms with Crippen molar-refractivity contribution in [2.24, 2.45) is 0 Å². The van der Waals surface area contributed by atoms with Crippen molar-refractivity contribution in [1.82, 2.24) is 25.3 Å². The van der Waals surface area contributed by atoms with E-state index in [4.69, 9.17) is 14.7 Å². The topological polar surface area (TPSA) is 113 Å². The van der Waals surface area contributed by atoms with Crippen molar-refractivity contribution in [2.45, 2.75) is 26.3 Å². The van der Waals surface area contributed by atoms with Crippen LogP contribution >= 0.6 is 0 Å². The van der Waals surface area contributed by atoms with Crippen molar-refractivity contribution >= 4 is 58.2 Å². The minimum Gasteiger partial charge on any atom is -0.452 e. The largest absolute Gasteiger partial charge is 0.452 e. The molecule has 288 valence electrons. The molecule has 2 aliphatic rings. The number of rotatable bonds is 7. The number of nitrogens with zero attached hydrogens (tertiary/aromatic N) is 2. The second kappa shape index (κ2) is 15.4. The number of hydrogen-bond donors (Lipinski definition) is 3. The molecule has 3 aromatic heterocycles. The first-order valence-electron chi connectivity index (χ1n) is 19.6. The van der Waals surface area contributed by atoms with E-state index in [0.717, 1.165) is 89.4 Å². The van der Waals surface area contributed by atoms with Gasteiger partial charge in [-0.15, -0.1) is 0 Å². The second-order valence-corrected chi connectivity index (χ2v) is 15.6. The molecular formula is C51H41N5O3. The molecule has 3 N–H and O–H groups in total. The fourth-order valence-electron chi connectivity index (χ4n) is 7.68. The van der Waals surface area contributed by atoms with Gasteiger partial charge in [-0.25, -0.2) is 14.8 Å². The van der Waals surface area contributed by atoms with Crippen LogP contribution in [0.2, 0.25) is 0 Å². The Bertz CT molecular complexity index is 2920. The second-order valence-electron chi connectivity index (χ2n) is 15.6. The minimum absolute atomic E-state index is 0.334. The molecule has 8 bridgehead atoms. The molecule has 1 amide bonds. The van der Waals surface area contributed by atoms with Gasteiger partial charge in [0.25, 0.3) is 5.91 Å². The maximum Gasteiger partial charge on any atom is 0.338 e. The van der Waals surface area contributed by atoms with E-state index in [9.17, 15) is 9.59 Å². The normalized spacial score (nSPS) is 12.1. The summed E-state index contributed by atoms with van der Waals surface area (Å²) < 4.78 is 5.37. The highest BCUT2D eigenvalue weighted by Gasteiger charge is 2.20. The molecule has 9 rings (SSSR count). The van der Waals surface area contributed by atoms with E-state index in [-0.39, 0.29) is 12.5 Å². The van der Waals surface area contributed by atoms with Crippen LogP contribution in [-0.4, -0.2) is 44.0 Å². The first-order valence-corrected chi connectivity index (χ1v) is 19.6. The predicted molar refractivity (Wildman–Crippen MR) is 239 cm³/mol. The summed E-state index contributed by atoms with van der Waals surface area (Å²) in [5.74, 6) is -0.940. The van der Waals surface area contributed by atoms with E-state index >= 15 is 0 Å². The number of ether oxygens (including phenoxy) is 1. The van der Waals surface area contributed by atoms with Crippen molar-refractivity contribution in [3.05, 3.63) is 168 Å². The van der Waals surface area contributed by atoms with E-state index in [1.54, 1.807) is 12.1 Å². The molecule has 0 saturated carbocycles. The summed E-state index contributed by atoms with van der Waals surface area (Å²) in [5, 5.41) is 2.82. The Morgan fingerprint density at radius 2 is 0.831 bits per heavy atom. The van der Waals surface area contributed by atoms with Crippen LogP contribution in [0.3, 0.4) is 0 Å². The summed E-state index contributed by atoms with van der Waals surface area (Å²) in [6, 6.07) is 46.6. The molecule has 5 heterocycles. The molecular weight excluding hydrogens is 731 g/mol. The van der Waals surface area contributed by atoms with E-state index in [1.807, 2.05) is 81.4 Å². The Hall–Kier alpha value is -7.58. The van der Waals surface area contributed by atoms with E-state index in [2.05, 4.69) is 106 Å². The highest BCUT2D eigenvalue weighted by atomic mass is 16.5. The number of carbonyl (C=O) groups is 2. The third-order valence-electron chi connectivity index (χ3n) is 10.2. The lowest BCUT2D eigenvalue weighted by atomic mass is 10.0. The van der Waals surface area contributed by atoms with Crippen LogP contribution in [0.4, 0.5) is 0 Å². The number of carbonyl (C=O) groups excluding carboxylic acids is 2. The van der Waals surface area contributed by atoms with Crippen LogP contribution in [0.25, 0.3) is 90.9 Å². The lowest BCUT2D eigenvalue weighted by molar-refractivity contribution is -0.125. The number of aromatic amines is 2. The van der Waals surface area contributed by atoms with Crippen molar-refractivity contribution < 1.29 is 14.3 Å². The van der Waals surface area contributed by atoms with Crippen LogP contribution in [0.5, 0.6) is 0 Å². The van der Waals surface area contributed by atoms with Crippen LogP contribution in [0.1, 0.15) is 53.9 Å². The van der Waals surface area contributed by atoms with E-state index < -0.39 is 11.5 Å². The van der Waals surface area contributed by atoms with Crippen LogP contribution in [-0.2, 0) is 9.53 Å². The first-order chi connectivity index (χ1) is 28.7. The van der Waals surface area contributed by atoms with Gasteiger partial charge in [0.2, 0.25) is 0 Å². The average Bonchev–Trinajstić information content (AvgIpc) is 4.09. The quantitative estimate of drug-likeness (QED) is 0.140. The Balaban J connectivity index is 1.30. The predicted octanol–water partition coefficient (Wildman–Crippen LogP) is 11.4. The van der Waals surface area contributed by atoms with Crippen molar-refractivity contribution in [3.8, 4) is 44.5 Å². The summed E-state index contributed by atoms with van der Waals surface area (Å²) >= 11 is 0. The molecule has 8 heteroatoms. The number of hydrogen-bond acceptors (Lipinski definition) is 5. The Morgan fingerprint density at radius 3 is 1.17 bits per heavy atom. The zero-order valence-corrected chi connectivity index (χ0v) is 32.9. The number of nitrogens with one attached hydrogen (secondary N) is 3. The monoisotopic (exact) mass is 771 g/mol. The number of esters is 1. The summed E-state index contributed by atoms with van der Waals surface area (Å²) in [5.41, 5.74) is 14.4. The molecule has 2 aliphatic heterocycles. The van der Waals surface area contributed by atoms with Gasteiger partial charge in [0, 0.05) is 49.9 Å². The molecule has 0 saturated heterocycles. The van der Waals surface area contributed by atoms with Crippen LogP contribution in [0, 0.1) is 0 Å². The summed E-state index contributed by atoms with van der Waals surface area (Å²) in [6.45, 7) is 5.26. The number of H-pyrrole nitrogens is 2. The molecule has 59 heavy (non-hydrogen) atoms. The Kier molecular flexibility index (Phi) is 9.66. The lowest BCUT2D eigenvalue weighted by Gasteiger charge is -2.20. The molecule has 0 atom stereocenters. The standard InChI is InChI=1S/C51H41N5O3/c1-51(2,3)56-45(57)31-59-50(58)36-21-19-35(20-22-36)49-43-29-27-41(54-43)47(33-15-9-5-10-16-33)39-25-23-37(52-39)46(32-13-7-4-8-14-32)38-24-26-40(53-38)48(34-17-11-6-12-18-34)42-28-30-44(49)55-42/h4-30,52,55H,31H2,1-3H3,(H,56,57). The summed E-state index contributed by atoms with van der Waals surface area (Å²) in [4.78, 5) is 43.7. The fraction of sp³-hybridized carbons (Fsp3) is 0.0980. The highest BCUT2D eigenvalue weighted by molar-refractivity contribution is 6.00. The number of benzene rings is 4. The molecule has 7 aromatic rings. The third-order valence-corrected chi connectivity index (χ3v) is 10.2. The molecule has 0 fully saturated rings. The van der Waals surface area contributed by atoms with Gasteiger partial charge in [-0.1, -0.05) is 103 Å². The number of aromatic nitrogens is 4. The van der Waals surface area contributed by atoms with Crippen LogP contribution in [0.15, 0.2) is 140 Å². The van der Waals surface area contributed by atoms with Gasteiger partial charge in [0.05, 0.1) is 28.3 Å². The third kappa shape index (κ3) is 7.64. The van der Waals surface area contributed by atoms with Gasteiger partial charge in [0.1, 0.15) is 0 Å². The zero-order valence-electron chi connectivity index (χ0n) is 32.9. The van der Waals surface area contributed by atoms with Gasteiger partial charge in [-0.2, -0.15) is 0 Å².